The number of nitriles is 1. The zero-order valence-corrected chi connectivity index (χ0v) is 6.95. The molecule has 1 heterocycles. The van der Waals surface area contributed by atoms with Crippen LogP contribution < -0.4 is 4.74 Å². The second-order valence-electron chi connectivity index (χ2n) is 2.33. The number of pyridine rings is 1. The summed E-state index contributed by atoms with van der Waals surface area (Å²) in [5, 5.41) is 8.65. The minimum atomic E-state index is 0.492. The molecule has 0 N–H and O–H groups in total. The van der Waals surface area contributed by atoms with Gasteiger partial charge in [0, 0.05) is 12.4 Å². The van der Waals surface area contributed by atoms with Gasteiger partial charge in [0.05, 0.1) is 6.61 Å². The van der Waals surface area contributed by atoms with Crippen LogP contribution in [-0.2, 0) is 0 Å². The molecule has 0 aromatic carbocycles. The van der Waals surface area contributed by atoms with Crippen molar-refractivity contribution in [1.29, 1.82) is 5.26 Å². The summed E-state index contributed by atoms with van der Waals surface area (Å²) in [4.78, 5) is 3.82. The van der Waals surface area contributed by atoms with Crippen molar-refractivity contribution >= 4 is 0 Å². The highest BCUT2D eigenvalue weighted by Crippen LogP contribution is 2.14. The maximum atomic E-state index is 8.65. The molecule has 12 heavy (non-hydrogen) atoms. The Morgan fingerprint density at radius 1 is 1.67 bits per heavy atom. The molecule has 1 rings (SSSR count). The Hall–Kier alpha value is -1.56. The molecule has 1 aromatic heterocycles. The summed E-state index contributed by atoms with van der Waals surface area (Å²) < 4.78 is 5.31. The molecule has 0 aliphatic heterocycles. The zero-order chi connectivity index (χ0) is 8.81. The maximum absolute atomic E-state index is 8.65. The zero-order valence-electron chi connectivity index (χ0n) is 6.95. The van der Waals surface area contributed by atoms with E-state index in [0.717, 1.165) is 6.42 Å². The minimum absolute atomic E-state index is 0.492. The monoisotopic (exact) mass is 162 g/mol. The van der Waals surface area contributed by atoms with E-state index in [0.29, 0.717) is 17.9 Å². The summed E-state index contributed by atoms with van der Waals surface area (Å²) in [5.41, 5.74) is 0.492. The Kier molecular flexibility index (Phi) is 3.09. The second kappa shape index (κ2) is 4.35. The number of hydrogen-bond donors (Lipinski definition) is 0. The molecule has 0 atom stereocenters. The van der Waals surface area contributed by atoms with E-state index in [1.165, 1.54) is 6.20 Å². The minimum Gasteiger partial charge on any atom is -0.492 e. The van der Waals surface area contributed by atoms with Crippen LogP contribution in [0.5, 0.6) is 5.75 Å². The normalized spacial score (nSPS) is 9.00. The second-order valence-corrected chi connectivity index (χ2v) is 2.33. The summed E-state index contributed by atoms with van der Waals surface area (Å²) in [6.07, 6.45) is 4.06. The molecule has 0 aliphatic carbocycles. The molecule has 3 heteroatoms. The predicted molar refractivity (Wildman–Crippen MR) is 44.7 cm³/mol. The van der Waals surface area contributed by atoms with Crippen LogP contribution in [0.4, 0.5) is 0 Å². The number of ether oxygens (including phenoxy) is 1. The highest BCUT2D eigenvalue weighted by molar-refractivity contribution is 5.39. The molecule has 0 unspecified atom stereocenters. The molecule has 0 saturated carbocycles. The van der Waals surface area contributed by atoms with Crippen LogP contribution in [-0.4, -0.2) is 11.6 Å². The molecule has 0 amide bonds. The lowest BCUT2D eigenvalue weighted by atomic mass is 10.3. The fourth-order valence-corrected chi connectivity index (χ4v) is 0.804. The maximum Gasteiger partial charge on any atom is 0.140 e. The first-order valence-electron chi connectivity index (χ1n) is 3.85. The largest absolute Gasteiger partial charge is 0.492 e. The number of hydrogen-bond acceptors (Lipinski definition) is 3. The van der Waals surface area contributed by atoms with Crippen molar-refractivity contribution in [2.24, 2.45) is 0 Å². The SMILES string of the molecule is CCCOc1ccncc1C#N. The molecule has 0 bridgehead atoms. The van der Waals surface area contributed by atoms with Crippen LogP contribution in [0.3, 0.4) is 0 Å². The fourth-order valence-electron chi connectivity index (χ4n) is 0.804. The fraction of sp³-hybridized carbons (Fsp3) is 0.333. The summed E-state index contributed by atoms with van der Waals surface area (Å²) in [6, 6.07) is 3.72. The van der Waals surface area contributed by atoms with E-state index in [1.54, 1.807) is 12.3 Å². The van der Waals surface area contributed by atoms with Crippen molar-refractivity contribution in [3.05, 3.63) is 24.0 Å². The smallest absolute Gasteiger partial charge is 0.140 e. The third kappa shape index (κ3) is 1.96. The van der Waals surface area contributed by atoms with Crippen molar-refractivity contribution in [3.8, 4) is 11.8 Å². The molecule has 3 nitrogen and oxygen atoms in total. The van der Waals surface area contributed by atoms with E-state index < -0.39 is 0 Å². The van der Waals surface area contributed by atoms with Crippen LogP contribution in [0.15, 0.2) is 18.5 Å². The predicted octanol–water partition coefficient (Wildman–Crippen LogP) is 1.74. The Morgan fingerprint density at radius 3 is 3.17 bits per heavy atom. The summed E-state index contributed by atoms with van der Waals surface area (Å²) in [5.74, 6) is 0.620. The van der Waals surface area contributed by atoms with Crippen LogP contribution in [0.25, 0.3) is 0 Å². The van der Waals surface area contributed by atoms with Gasteiger partial charge in [0.1, 0.15) is 17.4 Å². The Bertz CT molecular complexity index is 291. The standard InChI is InChI=1S/C9H10N2O/c1-2-5-12-9-3-4-11-7-8(9)6-10/h3-4,7H,2,5H2,1H3. The number of aromatic nitrogens is 1. The van der Waals surface area contributed by atoms with Gasteiger partial charge in [-0.05, 0) is 12.5 Å². The van der Waals surface area contributed by atoms with Gasteiger partial charge >= 0.3 is 0 Å². The average molecular weight is 162 g/mol. The lowest BCUT2D eigenvalue weighted by molar-refractivity contribution is 0.316. The van der Waals surface area contributed by atoms with Gasteiger partial charge in [-0.25, -0.2) is 0 Å². The van der Waals surface area contributed by atoms with Gasteiger partial charge in [-0.2, -0.15) is 5.26 Å². The van der Waals surface area contributed by atoms with Crippen molar-refractivity contribution in [1.82, 2.24) is 4.98 Å². The quantitative estimate of drug-likeness (QED) is 0.680. The molecule has 62 valence electrons. The van der Waals surface area contributed by atoms with E-state index >= 15 is 0 Å². The first-order chi connectivity index (χ1) is 5.88. The summed E-state index contributed by atoms with van der Waals surface area (Å²) in [6.45, 7) is 2.66. The third-order valence-electron chi connectivity index (χ3n) is 1.36. The van der Waals surface area contributed by atoms with Gasteiger partial charge in [0.2, 0.25) is 0 Å². The van der Waals surface area contributed by atoms with Crippen molar-refractivity contribution in [2.75, 3.05) is 6.61 Å². The van der Waals surface area contributed by atoms with Gasteiger partial charge in [0.15, 0.2) is 0 Å². The molecular formula is C9H10N2O. The van der Waals surface area contributed by atoms with Crippen LogP contribution in [0.1, 0.15) is 18.9 Å². The highest BCUT2D eigenvalue weighted by atomic mass is 16.5. The van der Waals surface area contributed by atoms with Gasteiger partial charge < -0.3 is 4.74 Å². The van der Waals surface area contributed by atoms with Crippen molar-refractivity contribution in [2.45, 2.75) is 13.3 Å². The van der Waals surface area contributed by atoms with Crippen LogP contribution in [0, 0.1) is 11.3 Å². The lowest BCUT2D eigenvalue weighted by Gasteiger charge is -2.04. The first kappa shape index (κ1) is 8.54. The Labute approximate surface area is 71.6 Å². The lowest BCUT2D eigenvalue weighted by Crippen LogP contribution is -1.97. The van der Waals surface area contributed by atoms with Crippen molar-refractivity contribution < 1.29 is 4.74 Å². The summed E-state index contributed by atoms with van der Waals surface area (Å²) in [7, 11) is 0. The van der Waals surface area contributed by atoms with E-state index in [2.05, 4.69) is 4.98 Å². The van der Waals surface area contributed by atoms with Crippen LogP contribution >= 0.6 is 0 Å². The topological polar surface area (TPSA) is 45.9 Å². The Morgan fingerprint density at radius 2 is 2.50 bits per heavy atom. The molecule has 0 aliphatic rings. The van der Waals surface area contributed by atoms with Crippen LogP contribution in [0.2, 0.25) is 0 Å². The van der Waals surface area contributed by atoms with E-state index in [1.807, 2.05) is 13.0 Å². The van der Waals surface area contributed by atoms with Gasteiger partial charge in [-0.3, -0.25) is 4.98 Å². The average Bonchev–Trinajstić information content (AvgIpc) is 2.15. The van der Waals surface area contributed by atoms with E-state index in [-0.39, 0.29) is 0 Å². The number of nitrogens with zero attached hydrogens (tertiary/aromatic N) is 2. The molecule has 0 radical (unpaired) electrons. The Balaban J connectivity index is 2.77. The first-order valence-corrected chi connectivity index (χ1v) is 3.85. The third-order valence-corrected chi connectivity index (χ3v) is 1.36. The van der Waals surface area contributed by atoms with E-state index in [4.69, 9.17) is 10.00 Å². The van der Waals surface area contributed by atoms with Gasteiger partial charge in [-0.15, -0.1) is 0 Å². The number of rotatable bonds is 3. The summed E-state index contributed by atoms with van der Waals surface area (Å²) >= 11 is 0. The molecule has 0 fully saturated rings. The van der Waals surface area contributed by atoms with Gasteiger partial charge in [-0.1, -0.05) is 6.92 Å². The van der Waals surface area contributed by atoms with Crippen molar-refractivity contribution in [3.63, 3.8) is 0 Å². The molecule has 0 saturated heterocycles. The highest BCUT2D eigenvalue weighted by Gasteiger charge is 2.00. The van der Waals surface area contributed by atoms with E-state index in [9.17, 15) is 0 Å². The molecular weight excluding hydrogens is 152 g/mol. The molecule has 1 aromatic rings. The molecule has 0 spiro atoms. The van der Waals surface area contributed by atoms with Gasteiger partial charge in [0.25, 0.3) is 0 Å².